The SMILES string of the molecule is Cc1ccc2c(c1)CCC1=CC(Br)=CNC1C2=O. The van der Waals surface area contributed by atoms with E-state index in [2.05, 4.69) is 40.3 Å². The highest BCUT2D eigenvalue weighted by molar-refractivity contribution is 9.11. The third kappa shape index (κ3) is 1.93. The highest BCUT2D eigenvalue weighted by Crippen LogP contribution is 2.29. The monoisotopic (exact) mass is 303 g/mol. The summed E-state index contributed by atoms with van der Waals surface area (Å²) in [5, 5.41) is 3.19. The summed E-state index contributed by atoms with van der Waals surface area (Å²) in [5.41, 5.74) is 4.43. The minimum atomic E-state index is -0.185. The summed E-state index contributed by atoms with van der Waals surface area (Å²) in [5.74, 6) is 0.185. The highest BCUT2D eigenvalue weighted by atomic mass is 79.9. The molecule has 3 rings (SSSR count). The Morgan fingerprint density at radius 1 is 1.33 bits per heavy atom. The zero-order chi connectivity index (χ0) is 12.7. The molecule has 0 spiro atoms. The lowest BCUT2D eigenvalue weighted by Gasteiger charge is -2.21. The lowest BCUT2D eigenvalue weighted by Crippen LogP contribution is -2.36. The number of hydrogen-bond donors (Lipinski definition) is 1. The van der Waals surface area contributed by atoms with Crippen LogP contribution >= 0.6 is 15.9 Å². The van der Waals surface area contributed by atoms with Crippen LogP contribution in [0.15, 0.2) is 40.5 Å². The first-order valence-electron chi connectivity index (χ1n) is 6.11. The number of fused-ring (bicyclic) bond motifs is 2. The zero-order valence-corrected chi connectivity index (χ0v) is 11.8. The molecule has 0 aromatic heterocycles. The molecule has 1 atom stereocenters. The van der Waals surface area contributed by atoms with Crippen molar-refractivity contribution in [3.63, 3.8) is 0 Å². The Hall–Kier alpha value is -1.35. The summed E-state index contributed by atoms with van der Waals surface area (Å²) in [6, 6.07) is 5.92. The van der Waals surface area contributed by atoms with Crippen molar-refractivity contribution in [1.82, 2.24) is 5.32 Å². The van der Waals surface area contributed by atoms with Crippen LogP contribution in [-0.2, 0) is 6.42 Å². The van der Waals surface area contributed by atoms with Crippen molar-refractivity contribution in [1.29, 1.82) is 0 Å². The van der Waals surface area contributed by atoms with Gasteiger partial charge in [-0.15, -0.1) is 0 Å². The van der Waals surface area contributed by atoms with E-state index in [1.807, 2.05) is 18.3 Å². The number of rotatable bonds is 0. The van der Waals surface area contributed by atoms with Gasteiger partial charge in [-0.05, 0) is 52.9 Å². The van der Waals surface area contributed by atoms with Crippen molar-refractivity contribution in [2.75, 3.05) is 0 Å². The standard InChI is InChI=1S/C15H14BrNO/c1-9-2-5-13-10(6-9)3-4-11-7-12(16)8-17-14(11)15(13)18/h2,5-8,14,17H,3-4H2,1H3. The summed E-state index contributed by atoms with van der Waals surface area (Å²) in [6.45, 7) is 2.07. The smallest absolute Gasteiger partial charge is 0.189 e. The molecule has 2 nitrogen and oxygen atoms in total. The van der Waals surface area contributed by atoms with E-state index < -0.39 is 0 Å². The Balaban J connectivity index is 2.06. The van der Waals surface area contributed by atoms with Gasteiger partial charge in [0.1, 0.15) is 6.04 Å². The summed E-state index contributed by atoms with van der Waals surface area (Å²) in [6.07, 6.45) is 5.79. The van der Waals surface area contributed by atoms with Gasteiger partial charge in [-0.25, -0.2) is 0 Å². The van der Waals surface area contributed by atoms with Crippen LogP contribution in [0.3, 0.4) is 0 Å². The topological polar surface area (TPSA) is 29.1 Å². The van der Waals surface area contributed by atoms with Crippen LogP contribution in [0, 0.1) is 6.92 Å². The normalized spacial score (nSPS) is 22.1. The predicted molar refractivity (Wildman–Crippen MR) is 75.8 cm³/mol. The molecule has 2 aliphatic rings. The van der Waals surface area contributed by atoms with Crippen LogP contribution in [0.5, 0.6) is 0 Å². The van der Waals surface area contributed by atoms with Crippen LogP contribution in [0.1, 0.15) is 27.9 Å². The Kier molecular flexibility index (Phi) is 2.86. The quantitative estimate of drug-likeness (QED) is 0.797. The van der Waals surface area contributed by atoms with E-state index in [0.717, 1.165) is 22.9 Å². The second kappa shape index (κ2) is 4.39. The number of halogens is 1. The third-order valence-corrected chi connectivity index (χ3v) is 4.01. The molecular weight excluding hydrogens is 290 g/mol. The first kappa shape index (κ1) is 11.7. The van der Waals surface area contributed by atoms with Gasteiger partial charge >= 0.3 is 0 Å². The maximum atomic E-state index is 12.5. The lowest BCUT2D eigenvalue weighted by atomic mass is 9.96. The van der Waals surface area contributed by atoms with Crippen molar-refractivity contribution < 1.29 is 4.79 Å². The van der Waals surface area contributed by atoms with Gasteiger partial charge in [0.05, 0.1) is 0 Å². The molecule has 0 amide bonds. The van der Waals surface area contributed by atoms with Gasteiger partial charge in [-0.3, -0.25) is 4.79 Å². The Bertz CT molecular complexity index is 586. The van der Waals surface area contributed by atoms with Crippen LogP contribution < -0.4 is 5.32 Å². The van der Waals surface area contributed by atoms with E-state index in [1.54, 1.807) is 0 Å². The van der Waals surface area contributed by atoms with E-state index in [4.69, 9.17) is 0 Å². The second-order valence-electron chi connectivity index (χ2n) is 4.87. The molecule has 18 heavy (non-hydrogen) atoms. The van der Waals surface area contributed by atoms with Crippen LogP contribution in [0.2, 0.25) is 0 Å². The minimum Gasteiger partial charge on any atom is -0.377 e. The highest BCUT2D eigenvalue weighted by Gasteiger charge is 2.29. The molecule has 0 radical (unpaired) electrons. The number of hydrogen-bond acceptors (Lipinski definition) is 2. The van der Waals surface area contributed by atoms with E-state index in [9.17, 15) is 4.79 Å². The largest absolute Gasteiger partial charge is 0.377 e. The van der Waals surface area contributed by atoms with Gasteiger partial charge in [0.2, 0.25) is 0 Å². The fraction of sp³-hybridized carbons (Fsp3) is 0.267. The molecule has 0 saturated heterocycles. The van der Waals surface area contributed by atoms with Gasteiger partial charge in [-0.2, -0.15) is 0 Å². The van der Waals surface area contributed by atoms with Crippen molar-refractivity contribution in [2.24, 2.45) is 0 Å². The second-order valence-corrected chi connectivity index (χ2v) is 5.79. The number of nitrogens with one attached hydrogen (secondary N) is 1. The van der Waals surface area contributed by atoms with Gasteiger partial charge in [-0.1, -0.05) is 23.8 Å². The molecule has 1 aromatic carbocycles. The number of carbonyl (C=O) groups is 1. The van der Waals surface area contributed by atoms with Crippen LogP contribution in [0.4, 0.5) is 0 Å². The number of aryl methyl sites for hydroxylation is 2. The molecular formula is C15H14BrNO. The van der Waals surface area contributed by atoms with Crippen molar-refractivity contribution >= 4 is 21.7 Å². The summed E-state index contributed by atoms with van der Waals surface area (Å²) < 4.78 is 1.00. The van der Waals surface area contributed by atoms with E-state index >= 15 is 0 Å². The molecule has 1 heterocycles. The van der Waals surface area contributed by atoms with Gasteiger partial charge in [0, 0.05) is 16.2 Å². The Morgan fingerprint density at radius 2 is 2.17 bits per heavy atom. The summed E-state index contributed by atoms with van der Waals surface area (Å²) >= 11 is 3.45. The molecule has 1 aromatic rings. The van der Waals surface area contributed by atoms with Gasteiger partial charge in [0.15, 0.2) is 5.78 Å². The van der Waals surface area contributed by atoms with E-state index in [0.29, 0.717) is 0 Å². The average Bonchev–Trinajstić information content (AvgIpc) is 2.47. The maximum Gasteiger partial charge on any atom is 0.189 e. The molecule has 3 heteroatoms. The summed E-state index contributed by atoms with van der Waals surface area (Å²) in [4.78, 5) is 12.5. The van der Waals surface area contributed by atoms with E-state index in [1.165, 1.54) is 16.7 Å². The number of dihydropyridines is 1. The Morgan fingerprint density at radius 3 is 3.00 bits per heavy atom. The summed E-state index contributed by atoms with van der Waals surface area (Å²) in [7, 11) is 0. The van der Waals surface area contributed by atoms with Crippen molar-refractivity contribution in [3.05, 3.63) is 57.2 Å². The molecule has 92 valence electrons. The first-order chi connectivity index (χ1) is 8.65. The molecule has 0 saturated carbocycles. The number of ketones is 1. The van der Waals surface area contributed by atoms with Gasteiger partial charge in [0.25, 0.3) is 0 Å². The van der Waals surface area contributed by atoms with Crippen molar-refractivity contribution in [2.45, 2.75) is 25.8 Å². The van der Waals surface area contributed by atoms with E-state index in [-0.39, 0.29) is 11.8 Å². The molecule has 0 bridgehead atoms. The minimum absolute atomic E-state index is 0.185. The number of Topliss-reactive ketones (excluding diaryl/α,β-unsaturated/α-hetero) is 1. The van der Waals surface area contributed by atoms with Crippen molar-refractivity contribution in [3.8, 4) is 0 Å². The molecule has 1 aliphatic heterocycles. The molecule has 1 unspecified atom stereocenters. The van der Waals surface area contributed by atoms with Gasteiger partial charge < -0.3 is 5.32 Å². The fourth-order valence-corrected chi connectivity index (χ4v) is 3.06. The third-order valence-electron chi connectivity index (χ3n) is 3.55. The fourth-order valence-electron chi connectivity index (χ4n) is 2.64. The average molecular weight is 304 g/mol. The Labute approximate surface area is 115 Å². The predicted octanol–water partition coefficient (Wildman–Crippen LogP) is 3.26. The van der Waals surface area contributed by atoms with Crippen LogP contribution in [0.25, 0.3) is 0 Å². The lowest BCUT2D eigenvalue weighted by molar-refractivity contribution is 0.0964. The molecule has 0 fully saturated rings. The number of allylic oxidation sites excluding steroid dienone is 2. The number of carbonyl (C=O) groups excluding carboxylic acids is 1. The number of benzene rings is 1. The molecule has 1 aliphatic carbocycles. The maximum absolute atomic E-state index is 12.5. The van der Waals surface area contributed by atoms with Crippen LogP contribution in [-0.4, -0.2) is 11.8 Å². The zero-order valence-electron chi connectivity index (χ0n) is 10.2. The molecule has 1 N–H and O–H groups in total. The first-order valence-corrected chi connectivity index (χ1v) is 6.90.